The highest BCUT2D eigenvalue weighted by Crippen LogP contribution is 2.25. The van der Waals surface area contributed by atoms with Crippen molar-refractivity contribution < 1.29 is 0 Å². The van der Waals surface area contributed by atoms with Crippen molar-refractivity contribution in [2.75, 3.05) is 6.54 Å². The monoisotopic (exact) mass is 281 g/mol. The van der Waals surface area contributed by atoms with Gasteiger partial charge in [0.15, 0.2) is 0 Å². The van der Waals surface area contributed by atoms with Crippen LogP contribution in [0.2, 0.25) is 0 Å². The zero-order valence-electron chi connectivity index (χ0n) is 8.29. The molecule has 0 aliphatic heterocycles. The second-order valence-corrected chi connectivity index (χ2v) is 5.41. The van der Waals surface area contributed by atoms with Crippen LogP contribution < -0.4 is 5.32 Å². The number of benzene rings is 1. The maximum atomic E-state index is 3.79. The SMILES string of the molecule is C=C(Br)CNCc1csc2ccccc12. The summed E-state index contributed by atoms with van der Waals surface area (Å²) in [6.45, 7) is 5.50. The molecule has 0 radical (unpaired) electrons. The molecular weight excluding hydrogens is 270 g/mol. The van der Waals surface area contributed by atoms with E-state index in [-0.39, 0.29) is 0 Å². The van der Waals surface area contributed by atoms with Crippen LogP contribution in [-0.4, -0.2) is 6.54 Å². The number of hydrogen-bond acceptors (Lipinski definition) is 2. The lowest BCUT2D eigenvalue weighted by atomic mass is 10.2. The predicted octanol–water partition coefficient (Wildman–Crippen LogP) is 3.90. The summed E-state index contributed by atoms with van der Waals surface area (Å²) in [4.78, 5) is 0. The molecule has 0 amide bonds. The molecule has 0 bridgehead atoms. The van der Waals surface area contributed by atoms with E-state index in [1.165, 1.54) is 15.6 Å². The van der Waals surface area contributed by atoms with E-state index in [1.54, 1.807) is 11.3 Å². The molecule has 0 spiro atoms. The van der Waals surface area contributed by atoms with E-state index in [0.717, 1.165) is 17.6 Å². The number of rotatable bonds is 4. The van der Waals surface area contributed by atoms with Crippen molar-refractivity contribution in [2.24, 2.45) is 0 Å². The van der Waals surface area contributed by atoms with Gasteiger partial charge in [0.05, 0.1) is 0 Å². The predicted molar refractivity (Wildman–Crippen MR) is 71.6 cm³/mol. The molecule has 1 N–H and O–H groups in total. The van der Waals surface area contributed by atoms with Crippen LogP contribution in [0.15, 0.2) is 40.7 Å². The van der Waals surface area contributed by atoms with E-state index in [4.69, 9.17) is 0 Å². The zero-order valence-corrected chi connectivity index (χ0v) is 10.7. The van der Waals surface area contributed by atoms with Crippen molar-refractivity contribution in [3.63, 3.8) is 0 Å². The van der Waals surface area contributed by atoms with Gasteiger partial charge in [0.25, 0.3) is 0 Å². The number of hydrogen-bond donors (Lipinski definition) is 1. The number of fused-ring (bicyclic) bond motifs is 1. The Bertz CT molecular complexity index is 475. The van der Waals surface area contributed by atoms with E-state index in [2.05, 4.69) is 57.5 Å². The van der Waals surface area contributed by atoms with Crippen LogP contribution in [0.3, 0.4) is 0 Å². The van der Waals surface area contributed by atoms with Crippen LogP contribution in [0.25, 0.3) is 10.1 Å². The quantitative estimate of drug-likeness (QED) is 0.896. The molecule has 1 aromatic heterocycles. The van der Waals surface area contributed by atoms with Crippen LogP contribution >= 0.6 is 27.3 Å². The molecule has 0 fully saturated rings. The third kappa shape index (κ3) is 2.68. The lowest BCUT2D eigenvalue weighted by Crippen LogP contribution is -2.13. The van der Waals surface area contributed by atoms with Gasteiger partial charge in [-0.1, -0.05) is 40.7 Å². The zero-order chi connectivity index (χ0) is 10.7. The van der Waals surface area contributed by atoms with E-state index in [1.807, 2.05) is 0 Å². The minimum Gasteiger partial charge on any atom is -0.308 e. The van der Waals surface area contributed by atoms with Crippen molar-refractivity contribution in [3.8, 4) is 0 Å². The van der Waals surface area contributed by atoms with Gasteiger partial charge in [0, 0.05) is 22.3 Å². The van der Waals surface area contributed by atoms with Gasteiger partial charge in [-0.25, -0.2) is 0 Å². The van der Waals surface area contributed by atoms with Crippen LogP contribution in [0.5, 0.6) is 0 Å². The van der Waals surface area contributed by atoms with Gasteiger partial charge < -0.3 is 5.32 Å². The first-order valence-corrected chi connectivity index (χ1v) is 6.44. The highest BCUT2D eigenvalue weighted by atomic mass is 79.9. The summed E-state index contributed by atoms with van der Waals surface area (Å²) in [6.07, 6.45) is 0. The third-order valence-corrected chi connectivity index (χ3v) is 3.49. The lowest BCUT2D eigenvalue weighted by Gasteiger charge is -2.02. The minimum atomic E-state index is 0.810. The minimum absolute atomic E-state index is 0.810. The Morgan fingerprint density at radius 3 is 3.00 bits per heavy atom. The van der Waals surface area contributed by atoms with Crippen LogP contribution in [0, 0.1) is 0 Å². The fraction of sp³-hybridized carbons (Fsp3) is 0.167. The summed E-state index contributed by atoms with van der Waals surface area (Å²) in [7, 11) is 0. The van der Waals surface area contributed by atoms with E-state index >= 15 is 0 Å². The average molecular weight is 282 g/mol. The van der Waals surface area contributed by atoms with Crippen molar-refractivity contribution in [1.29, 1.82) is 0 Å². The fourth-order valence-corrected chi connectivity index (χ4v) is 2.66. The molecule has 3 heteroatoms. The number of halogens is 1. The molecule has 0 aliphatic rings. The molecular formula is C12H12BrNS. The fourth-order valence-electron chi connectivity index (χ4n) is 1.50. The van der Waals surface area contributed by atoms with Gasteiger partial charge in [0.1, 0.15) is 0 Å². The summed E-state index contributed by atoms with van der Waals surface area (Å²) in [5, 5.41) is 6.91. The molecule has 0 aliphatic carbocycles. The van der Waals surface area contributed by atoms with Crippen molar-refractivity contribution in [1.82, 2.24) is 5.32 Å². The Morgan fingerprint density at radius 1 is 1.40 bits per heavy atom. The topological polar surface area (TPSA) is 12.0 Å². The van der Waals surface area contributed by atoms with Crippen LogP contribution in [0.1, 0.15) is 5.56 Å². The highest BCUT2D eigenvalue weighted by Gasteiger charge is 2.02. The average Bonchev–Trinajstić information content (AvgIpc) is 2.62. The number of nitrogens with one attached hydrogen (secondary N) is 1. The lowest BCUT2D eigenvalue weighted by molar-refractivity contribution is 0.763. The highest BCUT2D eigenvalue weighted by molar-refractivity contribution is 9.11. The summed E-state index contributed by atoms with van der Waals surface area (Å²) in [6, 6.07) is 8.50. The number of thiophene rings is 1. The second kappa shape index (κ2) is 4.92. The Morgan fingerprint density at radius 2 is 2.20 bits per heavy atom. The maximum absolute atomic E-state index is 3.79. The third-order valence-electron chi connectivity index (χ3n) is 2.19. The first-order valence-electron chi connectivity index (χ1n) is 4.76. The van der Waals surface area contributed by atoms with Crippen LogP contribution in [0.4, 0.5) is 0 Å². The van der Waals surface area contributed by atoms with Gasteiger partial charge in [-0.05, 0) is 22.4 Å². The van der Waals surface area contributed by atoms with Gasteiger partial charge in [-0.15, -0.1) is 11.3 Å². The Labute approximate surface area is 102 Å². The maximum Gasteiger partial charge on any atom is 0.0346 e. The van der Waals surface area contributed by atoms with E-state index in [9.17, 15) is 0 Å². The molecule has 0 saturated heterocycles. The van der Waals surface area contributed by atoms with Crippen LogP contribution in [-0.2, 0) is 6.54 Å². The van der Waals surface area contributed by atoms with Gasteiger partial charge in [-0.2, -0.15) is 0 Å². The van der Waals surface area contributed by atoms with Gasteiger partial charge >= 0.3 is 0 Å². The Kier molecular flexibility index (Phi) is 3.57. The smallest absolute Gasteiger partial charge is 0.0346 e. The summed E-state index contributed by atoms with van der Waals surface area (Å²) in [5.74, 6) is 0. The van der Waals surface area contributed by atoms with Crippen molar-refractivity contribution in [3.05, 3.63) is 46.3 Å². The molecule has 0 saturated carbocycles. The summed E-state index contributed by atoms with van der Waals surface area (Å²) < 4.78 is 2.34. The van der Waals surface area contributed by atoms with Gasteiger partial charge in [0.2, 0.25) is 0 Å². The Balaban J connectivity index is 2.11. The standard InChI is InChI=1S/C12H12BrNS/c1-9(13)6-14-7-10-8-15-12-5-3-2-4-11(10)12/h2-5,8,14H,1,6-7H2. The molecule has 1 nitrogen and oxygen atoms in total. The first kappa shape index (κ1) is 10.9. The molecule has 1 aromatic carbocycles. The molecule has 0 atom stereocenters. The second-order valence-electron chi connectivity index (χ2n) is 3.38. The van der Waals surface area contributed by atoms with Crippen molar-refractivity contribution in [2.45, 2.75) is 6.54 Å². The van der Waals surface area contributed by atoms with E-state index in [0.29, 0.717) is 0 Å². The Hall–Kier alpha value is -0.640. The van der Waals surface area contributed by atoms with Crippen molar-refractivity contribution >= 4 is 37.4 Å². The molecule has 15 heavy (non-hydrogen) atoms. The molecule has 0 unspecified atom stereocenters. The molecule has 1 heterocycles. The molecule has 2 aromatic rings. The first-order chi connectivity index (χ1) is 7.27. The van der Waals surface area contributed by atoms with Gasteiger partial charge in [-0.3, -0.25) is 0 Å². The molecule has 78 valence electrons. The normalized spacial score (nSPS) is 10.7. The largest absolute Gasteiger partial charge is 0.308 e. The summed E-state index contributed by atoms with van der Waals surface area (Å²) >= 11 is 5.13. The summed E-state index contributed by atoms with van der Waals surface area (Å²) in [5.41, 5.74) is 1.37. The molecule has 2 rings (SSSR count). The van der Waals surface area contributed by atoms with E-state index < -0.39 is 0 Å².